The zero-order chi connectivity index (χ0) is 17.1. The molecule has 2 aromatic carbocycles. The number of methoxy groups -OCH3 is 2. The van der Waals surface area contributed by atoms with Crippen LogP contribution in [0.3, 0.4) is 0 Å². The molecule has 126 valence electrons. The molecule has 0 aliphatic carbocycles. The van der Waals surface area contributed by atoms with Gasteiger partial charge in [0.2, 0.25) is 0 Å². The van der Waals surface area contributed by atoms with Crippen LogP contribution in [0.1, 0.15) is 15.9 Å². The molecule has 0 saturated carbocycles. The van der Waals surface area contributed by atoms with E-state index in [1.54, 1.807) is 25.2 Å². The first-order chi connectivity index (χ1) is 11.6. The molecule has 1 N–H and O–H groups in total. The van der Waals surface area contributed by atoms with E-state index in [1.165, 1.54) is 12.1 Å². The van der Waals surface area contributed by atoms with Crippen molar-refractivity contribution in [2.45, 2.75) is 6.54 Å². The van der Waals surface area contributed by atoms with Gasteiger partial charge in [-0.25, -0.2) is 0 Å². The lowest BCUT2D eigenvalue weighted by Gasteiger charge is -2.20. The summed E-state index contributed by atoms with van der Waals surface area (Å²) in [6.07, 6.45) is 0. The van der Waals surface area contributed by atoms with E-state index in [0.717, 1.165) is 5.56 Å². The summed E-state index contributed by atoms with van der Waals surface area (Å²) in [4.78, 5) is 14.5. The van der Waals surface area contributed by atoms with Gasteiger partial charge in [-0.05, 0) is 29.8 Å². The Balaban J connectivity index is 1.85. The van der Waals surface area contributed by atoms with Gasteiger partial charge < -0.3 is 24.2 Å². The lowest BCUT2D eigenvalue weighted by atomic mass is 10.1. The number of carbonyl (C=O) groups excluding carboxylic acids is 1. The van der Waals surface area contributed by atoms with Gasteiger partial charge in [0.15, 0.2) is 11.5 Å². The van der Waals surface area contributed by atoms with Gasteiger partial charge in [-0.15, -0.1) is 0 Å². The maximum atomic E-state index is 12.7. The monoisotopic (exact) mass is 329 g/mol. The van der Waals surface area contributed by atoms with Crippen molar-refractivity contribution >= 4 is 5.91 Å². The van der Waals surface area contributed by atoms with E-state index in [2.05, 4.69) is 0 Å². The molecule has 6 heteroatoms. The summed E-state index contributed by atoms with van der Waals surface area (Å²) in [7, 11) is 3.16. The van der Waals surface area contributed by atoms with Gasteiger partial charge in [0.05, 0.1) is 26.3 Å². The van der Waals surface area contributed by atoms with Crippen LogP contribution in [0.4, 0.5) is 0 Å². The first kappa shape index (κ1) is 16.0. The van der Waals surface area contributed by atoms with Crippen molar-refractivity contribution in [3.8, 4) is 23.0 Å². The standard InChI is InChI=1S/C18H19NO5/c1-22-15-6-3-12(9-17(15)23-2)11-19-7-8-24-16-10-13(20)4-5-14(16)18(19)21/h3-6,9-10,20H,7-8,11H2,1-2H3. The molecule has 1 amide bonds. The third kappa shape index (κ3) is 3.08. The van der Waals surface area contributed by atoms with Crippen molar-refractivity contribution in [1.29, 1.82) is 0 Å². The van der Waals surface area contributed by atoms with Crippen LogP contribution in [0.15, 0.2) is 36.4 Å². The Morgan fingerprint density at radius 1 is 1.12 bits per heavy atom. The minimum absolute atomic E-state index is 0.0786. The summed E-state index contributed by atoms with van der Waals surface area (Å²) >= 11 is 0. The third-order valence-corrected chi connectivity index (χ3v) is 3.92. The van der Waals surface area contributed by atoms with Gasteiger partial charge in [-0.2, -0.15) is 0 Å². The fraction of sp³-hybridized carbons (Fsp3) is 0.278. The number of fused-ring (bicyclic) bond motifs is 1. The van der Waals surface area contributed by atoms with Crippen LogP contribution < -0.4 is 14.2 Å². The summed E-state index contributed by atoms with van der Waals surface area (Å²) in [5, 5.41) is 9.54. The summed E-state index contributed by atoms with van der Waals surface area (Å²) in [6.45, 7) is 1.26. The van der Waals surface area contributed by atoms with Crippen LogP contribution in [0.5, 0.6) is 23.0 Å². The quantitative estimate of drug-likeness (QED) is 0.933. The van der Waals surface area contributed by atoms with Crippen LogP contribution >= 0.6 is 0 Å². The molecule has 0 radical (unpaired) electrons. The van der Waals surface area contributed by atoms with Crippen molar-refractivity contribution in [2.24, 2.45) is 0 Å². The molecule has 0 atom stereocenters. The second kappa shape index (κ2) is 6.70. The predicted molar refractivity (Wildman–Crippen MR) is 87.9 cm³/mol. The van der Waals surface area contributed by atoms with Crippen LogP contribution in [0, 0.1) is 0 Å². The Labute approximate surface area is 140 Å². The van der Waals surface area contributed by atoms with Crippen molar-refractivity contribution in [3.63, 3.8) is 0 Å². The van der Waals surface area contributed by atoms with Crippen molar-refractivity contribution in [2.75, 3.05) is 27.4 Å². The van der Waals surface area contributed by atoms with Gasteiger partial charge in [0, 0.05) is 12.6 Å². The maximum absolute atomic E-state index is 12.7. The second-order valence-corrected chi connectivity index (χ2v) is 5.44. The topological polar surface area (TPSA) is 68.2 Å². The third-order valence-electron chi connectivity index (χ3n) is 3.92. The molecule has 0 fully saturated rings. The van der Waals surface area contributed by atoms with E-state index in [4.69, 9.17) is 14.2 Å². The summed E-state index contributed by atoms with van der Waals surface area (Å²) in [5.41, 5.74) is 1.38. The van der Waals surface area contributed by atoms with E-state index in [-0.39, 0.29) is 11.7 Å². The molecule has 1 aliphatic heterocycles. The Morgan fingerprint density at radius 3 is 2.67 bits per heavy atom. The van der Waals surface area contributed by atoms with Crippen LogP contribution in [-0.2, 0) is 6.54 Å². The summed E-state index contributed by atoms with van der Waals surface area (Å²) < 4.78 is 16.1. The van der Waals surface area contributed by atoms with Crippen molar-refractivity contribution < 1.29 is 24.1 Å². The van der Waals surface area contributed by atoms with Crippen LogP contribution in [-0.4, -0.2) is 43.3 Å². The minimum atomic E-state index is -0.128. The van der Waals surface area contributed by atoms with Crippen molar-refractivity contribution in [1.82, 2.24) is 4.90 Å². The SMILES string of the molecule is COc1ccc(CN2CCOc3cc(O)ccc3C2=O)cc1OC. The number of phenols is 1. The first-order valence-electron chi connectivity index (χ1n) is 7.58. The Morgan fingerprint density at radius 2 is 1.92 bits per heavy atom. The number of amides is 1. The molecule has 1 heterocycles. The molecule has 0 spiro atoms. The molecule has 0 unspecified atom stereocenters. The van der Waals surface area contributed by atoms with Crippen LogP contribution in [0.25, 0.3) is 0 Å². The molecule has 6 nitrogen and oxygen atoms in total. The van der Waals surface area contributed by atoms with Gasteiger partial charge in [0.25, 0.3) is 5.91 Å². The largest absolute Gasteiger partial charge is 0.508 e. The average molecular weight is 329 g/mol. The molecular weight excluding hydrogens is 310 g/mol. The molecule has 24 heavy (non-hydrogen) atoms. The number of nitrogens with zero attached hydrogens (tertiary/aromatic N) is 1. The number of hydrogen-bond donors (Lipinski definition) is 1. The zero-order valence-corrected chi connectivity index (χ0v) is 13.6. The van der Waals surface area contributed by atoms with E-state index >= 15 is 0 Å². The van der Waals surface area contributed by atoms with Gasteiger partial charge in [-0.3, -0.25) is 4.79 Å². The molecule has 0 bridgehead atoms. The van der Waals surface area contributed by atoms with E-state index in [1.807, 2.05) is 18.2 Å². The highest BCUT2D eigenvalue weighted by Gasteiger charge is 2.24. The number of phenolic OH excluding ortho intramolecular Hbond substituents is 1. The number of hydrogen-bond acceptors (Lipinski definition) is 5. The van der Waals surface area contributed by atoms with Crippen molar-refractivity contribution in [3.05, 3.63) is 47.5 Å². The Bertz CT molecular complexity index is 759. The van der Waals surface area contributed by atoms with Crippen LogP contribution in [0.2, 0.25) is 0 Å². The lowest BCUT2D eigenvalue weighted by Crippen LogP contribution is -2.31. The highest BCUT2D eigenvalue weighted by molar-refractivity contribution is 5.97. The number of ether oxygens (including phenoxy) is 3. The van der Waals surface area contributed by atoms with E-state index in [0.29, 0.717) is 42.5 Å². The van der Waals surface area contributed by atoms with Gasteiger partial charge >= 0.3 is 0 Å². The molecule has 1 aliphatic rings. The van der Waals surface area contributed by atoms with Gasteiger partial charge in [-0.1, -0.05) is 6.07 Å². The maximum Gasteiger partial charge on any atom is 0.258 e. The molecule has 0 aromatic heterocycles. The molecule has 0 saturated heterocycles. The number of aromatic hydroxyl groups is 1. The normalized spacial score (nSPS) is 13.8. The first-order valence-corrected chi connectivity index (χ1v) is 7.58. The van der Waals surface area contributed by atoms with Gasteiger partial charge in [0.1, 0.15) is 18.1 Å². The van der Waals surface area contributed by atoms with E-state index < -0.39 is 0 Å². The predicted octanol–water partition coefficient (Wildman–Crippen LogP) is 2.44. The summed E-state index contributed by atoms with van der Waals surface area (Å²) in [5.74, 6) is 1.63. The minimum Gasteiger partial charge on any atom is -0.508 e. The Hall–Kier alpha value is -2.89. The number of carbonyl (C=O) groups is 1. The molecule has 3 rings (SSSR count). The van der Waals surface area contributed by atoms with E-state index in [9.17, 15) is 9.90 Å². The lowest BCUT2D eigenvalue weighted by molar-refractivity contribution is 0.0743. The fourth-order valence-electron chi connectivity index (χ4n) is 2.70. The molecule has 2 aromatic rings. The number of benzene rings is 2. The summed E-state index contributed by atoms with van der Waals surface area (Å²) in [6, 6.07) is 10.1. The Kier molecular flexibility index (Phi) is 4.46. The zero-order valence-electron chi connectivity index (χ0n) is 13.6. The molecular formula is C18H19NO5. The average Bonchev–Trinajstić information content (AvgIpc) is 2.74. The second-order valence-electron chi connectivity index (χ2n) is 5.44. The highest BCUT2D eigenvalue weighted by Crippen LogP contribution is 2.30. The fourth-order valence-corrected chi connectivity index (χ4v) is 2.70. The smallest absolute Gasteiger partial charge is 0.258 e. The number of rotatable bonds is 4. The highest BCUT2D eigenvalue weighted by atomic mass is 16.5.